The van der Waals surface area contributed by atoms with E-state index >= 15 is 0 Å². The lowest BCUT2D eigenvalue weighted by atomic mass is 9.89. The van der Waals surface area contributed by atoms with Crippen molar-refractivity contribution in [2.45, 2.75) is 38.6 Å². The van der Waals surface area contributed by atoms with Gasteiger partial charge in [0, 0.05) is 6.04 Å². The van der Waals surface area contributed by atoms with Gasteiger partial charge in [0.05, 0.1) is 0 Å². The van der Waals surface area contributed by atoms with E-state index in [2.05, 4.69) is 24.4 Å². The molecule has 0 amide bonds. The monoisotopic (exact) mass is 153 g/mol. The van der Waals surface area contributed by atoms with Crippen molar-refractivity contribution in [3.05, 3.63) is 12.2 Å². The summed E-state index contributed by atoms with van der Waals surface area (Å²) in [5, 5.41) is 3.29. The summed E-state index contributed by atoms with van der Waals surface area (Å²) in [4.78, 5) is 0. The Balaban J connectivity index is 2.20. The Hall–Kier alpha value is -0.300. The van der Waals surface area contributed by atoms with Crippen molar-refractivity contribution in [1.82, 2.24) is 5.32 Å². The molecule has 0 aliphatic heterocycles. The van der Waals surface area contributed by atoms with Gasteiger partial charge >= 0.3 is 0 Å². The predicted molar refractivity (Wildman–Crippen MR) is 49.6 cm³/mol. The molecule has 0 saturated carbocycles. The summed E-state index contributed by atoms with van der Waals surface area (Å²) in [5.41, 5.74) is 0. The van der Waals surface area contributed by atoms with Crippen molar-refractivity contribution in [2.75, 3.05) is 7.05 Å². The quantitative estimate of drug-likeness (QED) is 0.614. The minimum absolute atomic E-state index is 0.687. The first-order valence-electron chi connectivity index (χ1n) is 4.65. The Morgan fingerprint density at radius 3 is 2.91 bits per heavy atom. The van der Waals surface area contributed by atoms with E-state index in [1.165, 1.54) is 25.7 Å². The van der Waals surface area contributed by atoms with Crippen molar-refractivity contribution in [2.24, 2.45) is 5.92 Å². The SMILES string of the molecule is CNC(C)CC1CC=CCC1. The van der Waals surface area contributed by atoms with Gasteiger partial charge in [0.25, 0.3) is 0 Å². The Bertz CT molecular complexity index is 129. The molecule has 1 N–H and O–H groups in total. The number of hydrogen-bond acceptors (Lipinski definition) is 1. The van der Waals surface area contributed by atoms with Crippen LogP contribution < -0.4 is 5.32 Å². The van der Waals surface area contributed by atoms with E-state index in [1.807, 2.05) is 7.05 Å². The second kappa shape index (κ2) is 4.55. The van der Waals surface area contributed by atoms with Crippen LogP contribution in [0.3, 0.4) is 0 Å². The highest BCUT2D eigenvalue weighted by atomic mass is 14.8. The zero-order valence-electron chi connectivity index (χ0n) is 7.64. The topological polar surface area (TPSA) is 12.0 Å². The zero-order chi connectivity index (χ0) is 8.10. The van der Waals surface area contributed by atoms with Gasteiger partial charge in [0.2, 0.25) is 0 Å². The number of rotatable bonds is 3. The number of hydrogen-bond donors (Lipinski definition) is 1. The fourth-order valence-electron chi connectivity index (χ4n) is 1.69. The maximum Gasteiger partial charge on any atom is 0.00384 e. The molecule has 0 fully saturated rings. The summed E-state index contributed by atoms with van der Waals surface area (Å²) in [6, 6.07) is 0.687. The van der Waals surface area contributed by atoms with Gasteiger partial charge in [0.15, 0.2) is 0 Å². The normalized spacial score (nSPS) is 26.9. The number of allylic oxidation sites excluding steroid dienone is 2. The van der Waals surface area contributed by atoms with Crippen LogP contribution in [0.4, 0.5) is 0 Å². The van der Waals surface area contributed by atoms with E-state index in [-0.39, 0.29) is 0 Å². The molecule has 1 nitrogen and oxygen atoms in total. The molecule has 2 atom stereocenters. The van der Waals surface area contributed by atoms with E-state index in [4.69, 9.17) is 0 Å². The maximum absolute atomic E-state index is 3.29. The van der Waals surface area contributed by atoms with Crippen LogP contribution in [-0.2, 0) is 0 Å². The molecule has 1 heteroatoms. The largest absolute Gasteiger partial charge is 0.317 e. The molecule has 64 valence electrons. The van der Waals surface area contributed by atoms with Gasteiger partial charge < -0.3 is 5.32 Å². The van der Waals surface area contributed by atoms with Crippen LogP contribution in [0.25, 0.3) is 0 Å². The van der Waals surface area contributed by atoms with Gasteiger partial charge in [0.1, 0.15) is 0 Å². The molecule has 0 aromatic rings. The molecular formula is C10H19N. The Kier molecular flexibility index (Phi) is 3.64. The van der Waals surface area contributed by atoms with E-state index in [9.17, 15) is 0 Å². The van der Waals surface area contributed by atoms with Gasteiger partial charge in [-0.25, -0.2) is 0 Å². The molecular weight excluding hydrogens is 134 g/mol. The van der Waals surface area contributed by atoms with Gasteiger partial charge in [-0.05, 0) is 45.6 Å². The summed E-state index contributed by atoms with van der Waals surface area (Å²) in [7, 11) is 2.04. The Labute approximate surface area is 69.9 Å². The Morgan fingerprint density at radius 2 is 2.36 bits per heavy atom. The minimum Gasteiger partial charge on any atom is -0.317 e. The van der Waals surface area contributed by atoms with Gasteiger partial charge in [-0.15, -0.1) is 0 Å². The molecule has 0 radical (unpaired) electrons. The highest BCUT2D eigenvalue weighted by Crippen LogP contribution is 2.22. The minimum atomic E-state index is 0.687. The highest BCUT2D eigenvalue weighted by molar-refractivity contribution is 4.90. The molecule has 0 aromatic carbocycles. The predicted octanol–water partition coefficient (Wildman–Crippen LogP) is 2.34. The maximum atomic E-state index is 3.29. The summed E-state index contributed by atoms with van der Waals surface area (Å²) < 4.78 is 0. The van der Waals surface area contributed by atoms with E-state index in [1.54, 1.807) is 0 Å². The van der Waals surface area contributed by atoms with Crippen molar-refractivity contribution < 1.29 is 0 Å². The summed E-state index contributed by atoms with van der Waals surface area (Å²) in [5.74, 6) is 0.933. The lowest BCUT2D eigenvalue weighted by Gasteiger charge is -2.21. The third kappa shape index (κ3) is 3.06. The van der Waals surface area contributed by atoms with Crippen LogP contribution in [0.2, 0.25) is 0 Å². The fourth-order valence-corrected chi connectivity index (χ4v) is 1.69. The first kappa shape index (κ1) is 8.79. The molecule has 11 heavy (non-hydrogen) atoms. The van der Waals surface area contributed by atoms with E-state index in [0.717, 1.165) is 5.92 Å². The van der Waals surface area contributed by atoms with Crippen LogP contribution in [-0.4, -0.2) is 13.1 Å². The van der Waals surface area contributed by atoms with Crippen LogP contribution in [0.15, 0.2) is 12.2 Å². The highest BCUT2D eigenvalue weighted by Gasteiger charge is 2.12. The zero-order valence-corrected chi connectivity index (χ0v) is 7.64. The van der Waals surface area contributed by atoms with Crippen molar-refractivity contribution >= 4 is 0 Å². The van der Waals surface area contributed by atoms with Crippen molar-refractivity contribution in [3.8, 4) is 0 Å². The molecule has 1 aliphatic rings. The molecule has 0 heterocycles. The van der Waals surface area contributed by atoms with Crippen molar-refractivity contribution in [3.63, 3.8) is 0 Å². The molecule has 0 aromatic heterocycles. The molecule has 1 rings (SSSR count). The third-order valence-electron chi connectivity index (χ3n) is 2.56. The second-order valence-corrected chi connectivity index (χ2v) is 3.58. The van der Waals surface area contributed by atoms with Gasteiger partial charge in [-0.3, -0.25) is 0 Å². The summed E-state index contributed by atoms with van der Waals surface area (Å²) in [6.07, 6.45) is 9.95. The lowest BCUT2D eigenvalue weighted by molar-refractivity contribution is 0.388. The van der Waals surface area contributed by atoms with E-state index < -0.39 is 0 Å². The molecule has 1 aliphatic carbocycles. The van der Waals surface area contributed by atoms with Crippen molar-refractivity contribution in [1.29, 1.82) is 0 Å². The van der Waals surface area contributed by atoms with Crippen LogP contribution >= 0.6 is 0 Å². The average Bonchev–Trinajstić information content (AvgIpc) is 2.06. The molecule has 0 bridgehead atoms. The van der Waals surface area contributed by atoms with Gasteiger partial charge in [-0.2, -0.15) is 0 Å². The summed E-state index contributed by atoms with van der Waals surface area (Å²) in [6.45, 7) is 2.26. The standard InChI is InChI=1S/C10H19N/c1-9(11-2)8-10-6-4-3-5-7-10/h3-4,9-11H,5-8H2,1-2H3. The van der Waals surface area contributed by atoms with Gasteiger partial charge in [-0.1, -0.05) is 12.2 Å². The lowest BCUT2D eigenvalue weighted by Crippen LogP contribution is -2.24. The third-order valence-corrected chi connectivity index (χ3v) is 2.56. The van der Waals surface area contributed by atoms with Crippen LogP contribution in [0.5, 0.6) is 0 Å². The first-order valence-corrected chi connectivity index (χ1v) is 4.65. The number of nitrogens with one attached hydrogen (secondary N) is 1. The van der Waals surface area contributed by atoms with Crippen LogP contribution in [0.1, 0.15) is 32.6 Å². The molecule has 0 spiro atoms. The first-order chi connectivity index (χ1) is 5.33. The van der Waals surface area contributed by atoms with E-state index in [0.29, 0.717) is 6.04 Å². The van der Waals surface area contributed by atoms with Crippen LogP contribution in [0, 0.1) is 5.92 Å². The summed E-state index contributed by atoms with van der Waals surface area (Å²) >= 11 is 0. The fraction of sp³-hybridized carbons (Fsp3) is 0.800. The Morgan fingerprint density at radius 1 is 1.55 bits per heavy atom. The smallest absolute Gasteiger partial charge is 0.00384 e. The molecule has 0 saturated heterocycles. The molecule has 2 unspecified atom stereocenters. The average molecular weight is 153 g/mol. The second-order valence-electron chi connectivity index (χ2n) is 3.58.